The highest BCUT2D eigenvalue weighted by atomic mass is 28.3. The Morgan fingerprint density at radius 3 is 1.69 bits per heavy atom. The van der Waals surface area contributed by atoms with Gasteiger partial charge in [-0.25, -0.2) is 0 Å². The summed E-state index contributed by atoms with van der Waals surface area (Å²) in [5.74, 6) is 0. The van der Waals surface area contributed by atoms with Crippen LogP contribution in [-0.2, 0) is 0 Å². The Kier molecular flexibility index (Phi) is 13.0. The van der Waals surface area contributed by atoms with E-state index in [0.29, 0.717) is 0 Å². The zero-order valence-corrected chi connectivity index (χ0v) is 12.8. The summed E-state index contributed by atoms with van der Waals surface area (Å²) < 4.78 is 0. The molecule has 0 rings (SSSR count). The summed E-state index contributed by atoms with van der Waals surface area (Å²) in [5.41, 5.74) is 0. The lowest BCUT2D eigenvalue weighted by Gasteiger charge is -2.13. The average molecular weight is 241 g/mol. The fourth-order valence-corrected chi connectivity index (χ4v) is 5.30. The van der Waals surface area contributed by atoms with Crippen molar-refractivity contribution >= 4 is 8.80 Å². The molecule has 0 spiro atoms. The van der Waals surface area contributed by atoms with E-state index < -0.39 is 8.80 Å². The van der Waals surface area contributed by atoms with Crippen LogP contribution in [0, 0.1) is 0 Å². The molecule has 0 aliphatic carbocycles. The molecule has 16 heavy (non-hydrogen) atoms. The van der Waals surface area contributed by atoms with E-state index >= 15 is 0 Å². The predicted octanol–water partition coefficient (Wildman–Crippen LogP) is 5.56. The lowest BCUT2D eigenvalue weighted by Crippen LogP contribution is -2.10. The molecular formula is C15H32Si. The highest BCUT2D eigenvalue weighted by molar-refractivity contribution is 6.59. The number of unbranched alkanes of at least 4 members (excludes halogenated alkanes) is 6. The quantitative estimate of drug-likeness (QED) is 0.238. The molecule has 0 aromatic carbocycles. The summed E-state index contributed by atoms with van der Waals surface area (Å²) in [6, 6.07) is 4.51. The molecule has 0 atom stereocenters. The van der Waals surface area contributed by atoms with Crippen molar-refractivity contribution in [3.63, 3.8) is 0 Å². The van der Waals surface area contributed by atoms with E-state index in [1.54, 1.807) is 12.1 Å². The van der Waals surface area contributed by atoms with Gasteiger partial charge in [-0.05, 0) is 6.04 Å². The molecule has 0 fully saturated rings. The van der Waals surface area contributed by atoms with Crippen molar-refractivity contribution in [2.75, 3.05) is 0 Å². The largest absolute Gasteiger partial charge is 0.103 e. The molecule has 0 heterocycles. The Morgan fingerprint density at radius 1 is 0.812 bits per heavy atom. The first-order valence-corrected chi connectivity index (χ1v) is 9.90. The van der Waals surface area contributed by atoms with Crippen LogP contribution in [0.25, 0.3) is 0 Å². The molecule has 0 amide bonds. The maximum Gasteiger partial charge on any atom is 0.0405 e. The second-order valence-corrected chi connectivity index (χ2v) is 8.45. The molecule has 0 unspecified atom stereocenters. The zero-order valence-electron chi connectivity index (χ0n) is 11.6. The van der Waals surface area contributed by atoms with Gasteiger partial charge in [-0.15, -0.1) is 6.58 Å². The first-order chi connectivity index (χ1) is 7.85. The van der Waals surface area contributed by atoms with E-state index in [1.807, 2.05) is 0 Å². The molecule has 0 bridgehead atoms. The van der Waals surface area contributed by atoms with E-state index in [2.05, 4.69) is 26.5 Å². The van der Waals surface area contributed by atoms with Crippen LogP contribution in [0.15, 0.2) is 12.7 Å². The summed E-state index contributed by atoms with van der Waals surface area (Å²) in [6.07, 6.45) is 13.7. The predicted molar refractivity (Wildman–Crippen MR) is 80.1 cm³/mol. The lowest BCUT2D eigenvalue weighted by atomic mass is 10.2. The Hall–Kier alpha value is -0.0431. The molecule has 0 aliphatic rings. The van der Waals surface area contributed by atoms with Gasteiger partial charge in [0.15, 0.2) is 0 Å². The monoisotopic (exact) mass is 240 g/mol. The second kappa shape index (κ2) is 13.0. The van der Waals surface area contributed by atoms with Crippen LogP contribution in [0.2, 0.25) is 18.1 Å². The van der Waals surface area contributed by atoms with Gasteiger partial charge >= 0.3 is 0 Å². The molecule has 0 saturated carbocycles. The minimum atomic E-state index is -0.437. The fraction of sp³-hybridized carbons (Fsp3) is 0.867. The van der Waals surface area contributed by atoms with Gasteiger partial charge < -0.3 is 0 Å². The maximum atomic E-state index is 3.92. The first kappa shape index (κ1) is 16.0. The van der Waals surface area contributed by atoms with E-state index in [9.17, 15) is 0 Å². The van der Waals surface area contributed by atoms with E-state index in [1.165, 1.54) is 57.4 Å². The normalized spacial score (nSPS) is 10.9. The van der Waals surface area contributed by atoms with Crippen molar-refractivity contribution in [3.8, 4) is 0 Å². The van der Waals surface area contributed by atoms with Gasteiger partial charge in [0.1, 0.15) is 0 Å². The van der Waals surface area contributed by atoms with E-state index in [0.717, 1.165) is 0 Å². The van der Waals surface area contributed by atoms with Gasteiger partial charge in [0, 0.05) is 8.80 Å². The molecule has 0 aliphatic heterocycles. The molecule has 0 N–H and O–H groups in total. The average Bonchev–Trinajstić information content (AvgIpc) is 2.30. The van der Waals surface area contributed by atoms with E-state index in [4.69, 9.17) is 0 Å². The molecular weight excluding hydrogens is 208 g/mol. The van der Waals surface area contributed by atoms with Gasteiger partial charge in [-0.3, -0.25) is 0 Å². The molecule has 96 valence electrons. The number of allylic oxidation sites excluding steroid dienone is 1. The number of rotatable bonds is 12. The van der Waals surface area contributed by atoms with Crippen molar-refractivity contribution in [1.82, 2.24) is 0 Å². The third-order valence-electron chi connectivity index (χ3n) is 3.43. The maximum absolute atomic E-state index is 3.92. The first-order valence-electron chi connectivity index (χ1n) is 7.46. The number of hydrogen-bond donors (Lipinski definition) is 0. The Labute approximate surface area is 105 Å². The smallest absolute Gasteiger partial charge is 0.0405 e. The molecule has 0 radical (unpaired) electrons. The molecule has 1 heteroatoms. The van der Waals surface area contributed by atoms with Crippen LogP contribution >= 0.6 is 0 Å². The Balaban J connectivity index is 3.49. The number of hydrogen-bond acceptors (Lipinski definition) is 0. The third-order valence-corrected chi connectivity index (χ3v) is 6.88. The molecule has 0 nitrogen and oxygen atoms in total. The highest BCUT2D eigenvalue weighted by Crippen LogP contribution is 2.16. The van der Waals surface area contributed by atoms with Crippen molar-refractivity contribution in [2.24, 2.45) is 0 Å². The Morgan fingerprint density at radius 2 is 1.31 bits per heavy atom. The van der Waals surface area contributed by atoms with Crippen molar-refractivity contribution < 1.29 is 0 Å². The van der Waals surface area contributed by atoms with Crippen LogP contribution in [0.4, 0.5) is 0 Å². The SMILES string of the molecule is C=CC[SiH](CCCCCC)CCCCCC. The van der Waals surface area contributed by atoms with Gasteiger partial charge in [-0.2, -0.15) is 0 Å². The van der Waals surface area contributed by atoms with Crippen molar-refractivity contribution in [3.05, 3.63) is 12.7 Å². The van der Waals surface area contributed by atoms with Crippen LogP contribution in [-0.4, -0.2) is 8.80 Å². The standard InChI is InChI=1S/C15H32Si/c1-4-7-9-11-14-16(13-6-3)15-12-10-8-5-2/h6,16H,3-5,7-15H2,1-2H3. The van der Waals surface area contributed by atoms with Gasteiger partial charge in [0.2, 0.25) is 0 Å². The molecule has 0 aromatic rings. The van der Waals surface area contributed by atoms with E-state index in [-0.39, 0.29) is 0 Å². The fourth-order valence-electron chi connectivity index (χ4n) is 2.34. The topological polar surface area (TPSA) is 0 Å². The van der Waals surface area contributed by atoms with Crippen molar-refractivity contribution in [1.29, 1.82) is 0 Å². The molecule has 0 aromatic heterocycles. The highest BCUT2D eigenvalue weighted by Gasteiger charge is 2.07. The van der Waals surface area contributed by atoms with Gasteiger partial charge in [0.05, 0.1) is 0 Å². The zero-order chi connectivity index (χ0) is 12.1. The molecule has 0 saturated heterocycles. The summed E-state index contributed by atoms with van der Waals surface area (Å²) in [7, 11) is -0.437. The van der Waals surface area contributed by atoms with Crippen LogP contribution < -0.4 is 0 Å². The van der Waals surface area contributed by atoms with Gasteiger partial charge in [0.25, 0.3) is 0 Å². The van der Waals surface area contributed by atoms with Crippen LogP contribution in [0.3, 0.4) is 0 Å². The summed E-state index contributed by atoms with van der Waals surface area (Å²) >= 11 is 0. The van der Waals surface area contributed by atoms with Crippen molar-refractivity contribution in [2.45, 2.75) is 83.3 Å². The summed E-state index contributed by atoms with van der Waals surface area (Å²) in [5, 5.41) is 0. The minimum Gasteiger partial charge on any atom is -0.103 e. The summed E-state index contributed by atoms with van der Waals surface area (Å²) in [6.45, 7) is 8.51. The minimum absolute atomic E-state index is 0.437. The second-order valence-electron chi connectivity index (χ2n) is 5.09. The lowest BCUT2D eigenvalue weighted by molar-refractivity contribution is 0.685. The van der Waals surface area contributed by atoms with Crippen LogP contribution in [0.1, 0.15) is 65.2 Å². The van der Waals surface area contributed by atoms with Gasteiger partial charge in [-0.1, -0.05) is 83.4 Å². The van der Waals surface area contributed by atoms with Crippen LogP contribution in [0.5, 0.6) is 0 Å². The summed E-state index contributed by atoms with van der Waals surface area (Å²) in [4.78, 5) is 0. The third kappa shape index (κ3) is 10.5. The Bertz CT molecular complexity index is 130.